The summed E-state index contributed by atoms with van der Waals surface area (Å²) >= 11 is 0. The Hall–Kier alpha value is -1.42. The topological polar surface area (TPSA) is 38.7 Å². The van der Waals surface area contributed by atoms with E-state index in [9.17, 15) is 5.11 Å². The molecule has 3 heteroatoms. The van der Waals surface area contributed by atoms with Crippen LogP contribution in [-0.2, 0) is 9.47 Å². The van der Waals surface area contributed by atoms with Crippen LogP contribution in [0.1, 0.15) is 30.9 Å². The molecular weight excluding hydrogens is 264 g/mol. The molecule has 1 N–H and O–H groups in total. The molecule has 1 fully saturated rings. The summed E-state index contributed by atoms with van der Waals surface area (Å²) in [6.45, 7) is 1.72. The number of aliphatic hydroxyl groups excluding tert-OH is 1. The summed E-state index contributed by atoms with van der Waals surface area (Å²) in [5.74, 6) is 0. The molecule has 0 radical (unpaired) electrons. The number of aliphatic hydroxyl groups is 1. The minimum atomic E-state index is -0.598. The lowest BCUT2D eigenvalue weighted by Gasteiger charge is -2.23. The first-order chi connectivity index (χ1) is 10.3. The molecule has 0 aromatic heterocycles. The SMILES string of the molecule is OC(COCC1CCCCO1)c1cccc2ccccc12. The molecule has 0 bridgehead atoms. The van der Waals surface area contributed by atoms with E-state index >= 15 is 0 Å². The predicted octanol–water partition coefficient (Wildman–Crippen LogP) is 3.46. The first-order valence-electron chi connectivity index (χ1n) is 7.69. The van der Waals surface area contributed by atoms with Crippen LogP contribution >= 0.6 is 0 Å². The van der Waals surface area contributed by atoms with Crippen molar-refractivity contribution in [2.24, 2.45) is 0 Å². The second-order valence-electron chi connectivity index (χ2n) is 5.61. The fourth-order valence-electron chi connectivity index (χ4n) is 2.88. The van der Waals surface area contributed by atoms with Gasteiger partial charge < -0.3 is 14.6 Å². The Kier molecular flexibility index (Phi) is 4.86. The van der Waals surface area contributed by atoms with Gasteiger partial charge in [-0.3, -0.25) is 0 Å². The highest BCUT2D eigenvalue weighted by Crippen LogP contribution is 2.24. The summed E-state index contributed by atoms with van der Waals surface area (Å²) in [7, 11) is 0. The minimum Gasteiger partial charge on any atom is -0.386 e. The quantitative estimate of drug-likeness (QED) is 0.915. The molecule has 0 spiro atoms. The molecule has 112 valence electrons. The lowest BCUT2D eigenvalue weighted by Crippen LogP contribution is -2.25. The van der Waals surface area contributed by atoms with Gasteiger partial charge in [-0.05, 0) is 35.6 Å². The summed E-state index contributed by atoms with van der Waals surface area (Å²) in [5, 5.41) is 12.6. The van der Waals surface area contributed by atoms with Crippen molar-refractivity contribution >= 4 is 10.8 Å². The van der Waals surface area contributed by atoms with Crippen LogP contribution in [0.25, 0.3) is 10.8 Å². The maximum atomic E-state index is 10.4. The third kappa shape index (κ3) is 3.62. The van der Waals surface area contributed by atoms with E-state index < -0.39 is 6.10 Å². The van der Waals surface area contributed by atoms with E-state index in [4.69, 9.17) is 9.47 Å². The lowest BCUT2D eigenvalue weighted by molar-refractivity contribution is -0.0572. The van der Waals surface area contributed by atoms with E-state index in [2.05, 4.69) is 12.1 Å². The van der Waals surface area contributed by atoms with Crippen LogP contribution in [0.3, 0.4) is 0 Å². The number of rotatable bonds is 5. The maximum Gasteiger partial charge on any atom is 0.103 e. The van der Waals surface area contributed by atoms with E-state index in [0.717, 1.165) is 35.8 Å². The highest BCUT2D eigenvalue weighted by Gasteiger charge is 2.16. The van der Waals surface area contributed by atoms with Crippen molar-refractivity contribution in [2.75, 3.05) is 19.8 Å². The molecule has 3 nitrogen and oxygen atoms in total. The molecule has 1 saturated heterocycles. The highest BCUT2D eigenvalue weighted by molar-refractivity contribution is 5.85. The molecule has 2 unspecified atom stereocenters. The fourth-order valence-corrected chi connectivity index (χ4v) is 2.88. The van der Waals surface area contributed by atoms with Crippen molar-refractivity contribution in [3.05, 3.63) is 48.0 Å². The van der Waals surface area contributed by atoms with Crippen LogP contribution in [0.2, 0.25) is 0 Å². The van der Waals surface area contributed by atoms with Crippen LogP contribution in [0.15, 0.2) is 42.5 Å². The van der Waals surface area contributed by atoms with Gasteiger partial charge in [0.1, 0.15) is 6.10 Å². The van der Waals surface area contributed by atoms with Crippen molar-refractivity contribution in [2.45, 2.75) is 31.5 Å². The Bertz CT molecular complexity index is 570. The summed E-state index contributed by atoms with van der Waals surface area (Å²) in [6, 6.07) is 14.1. The number of hydrogen-bond acceptors (Lipinski definition) is 3. The van der Waals surface area contributed by atoms with Crippen molar-refractivity contribution in [3.63, 3.8) is 0 Å². The highest BCUT2D eigenvalue weighted by atomic mass is 16.5. The van der Waals surface area contributed by atoms with Gasteiger partial charge >= 0.3 is 0 Å². The molecule has 3 rings (SSSR count). The van der Waals surface area contributed by atoms with Gasteiger partial charge in [0.05, 0.1) is 19.3 Å². The Morgan fingerprint density at radius 1 is 1.14 bits per heavy atom. The summed E-state index contributed by atoms with van der Waals surface area (Å²) in [4.78, 5) is 0. The Morgan fingerprint density at radius 2 is 2.00 bits per heavy atom. The third-order valence-electron chi connectivity index (χ3n) is 4.04. The number of benzene rings is 2. The Labute approximate surface area is 125 Å². The molecular formula is C18H22O3. The molecule has 2 atom stereocenters. The molecule has 0 amide bonds. The van der Waals surface area contributed by atoms with Crippen molar-refractivity contribution < 1.29 is 14.6 Å². The molecule has 2 aromatic rings. The smallest absolute Gasteiger partial charge is 0.103 e. The molecule has 0 aliphatic carbocycles. The molecule has 1 aliphatic rings. The van der Waals surface area contributed by atoms with Gasteiger partial charge in [-0.25, -0.2) is 0 Å². The average molecular weight is 286 g/mol. The monoisotopic (exact) mass is 286 g/mol. The van der Waals surface area contributed by atoms with Crippen LogP contribution in [-0.4, -0.2) is 31.0 Å². The standard InChI is InChI=1S/C18H22O3/c19-18(13-20-12-15-8-3-4-11-21-15)17-10-5-7-14-6-1-2-9-16(14)17/h1-2,5-7,9-10,15,18-19H,3-4,8,11-13H2. The molecule has 2 aromatic carbocycles. The molecule has 21 heavy (non-hydrogen) atoms. The summed E-state index contributed by atoms with van der Waals surface area (Å²) in [6.07, 6.45) is 3.01. The molecule has 1 aliphatic heterocycles. The van der Waals surface area contributed by atoms with Crippen LogP contribution in [0.4, 0.5) is 0 Å². The summed E-state index contributed by atoms with van der Waals surface area (Å²) < 4.78 is 11.3. The molecule has 0 saturated carbocycles. The van der Waals surface area contributed by atoms with Crippen LogP contribution in [0.5, 0.6) is 0 Å². The van der Waals surface area contributed by atoms with E-state index in [1.807, 2.05) is 30.3 Å². The summed E-state index contributed by atoms with van der Waals surface area (Å²) in [5.41, 5.74) is 0.928. The van der Waals surface area contributed by atoms with E-state index in [1.54, 1.807) is 0 Å². The Morgan fingerprint density at radius 3 is 2.86 bits per heavy atom. The van der Waals surface area contributed by atoms with Crippen molar-refractivity contribution in [1.29, 1.82) is 0 Å². The minimum absolute atomic E-state index is 0.193. The second kappa shape index (κ2) is 7.03. The van der Waals surface area contributed by atoms with Crippen molar-refractivity contribution in [3.8, 4) is 0 Å². The number of fused-ring (bicyclic) bond motifs is 1. The maximum absolute atomic E-state index is 10.4. The number of hydrogen-bond donors (Lipinski definition) is 1. The zero-order valence-corrected chi connectivity index (χ0v) is 12.2. The van der Waals surface area contributed by atoms with Gasteiger partial charge in [-0.2, -0.15) is 0 Å². The van der Waals surface area contributed by atoms with E-state index in [-0.39, 0.29) is 6.10 Å². The van der Waals surface area contributed by atoms with Crippen LogP contribution < -0.4 is 0 Å². The average Bonchev–Trinajstić information content (AvgIpc) is 2.55. The largest absolute Gasteiger partial charge is 0.386 e. The van der Waals surface area contributed by atoms with Gasteiger partial charge in [-0.15, -0.1) is 0 Å². The Balaban J connectivity index is 1.60. The van der Waals surface area contributed by atoms with E-state index in [0.29, 0.717) is 13.2 Å². The number of ether oxygens (including phenoxy) is 2. The first kappa shape index (κ1) is 14.5. The first-order valence-corrected chi connectivity index (χ1v) is 7.69. The molecule has 1 heterocycles. The fraction of sp³-hybridized carbons (Fsp3) is 0.444. The zero-order valence-electron chi connectivity index (χ0n) is 12.2. The second-order valence-corrected chi connectivity index (χ2v) is 5.61. The normalized spacial score (nSPS) is 20.5. The van der Waals surface area contributed by atoms with Crippen molar-refractivity contribution in [1.82, 2.24) is 0 Å². The van der Waals surface area contributed by atoms with Gasteiger partial charge in [-0.1, -0.05) is 42.5 Å². The van der Waals surface area contributed by atoms with E-state index in [1.165, 1.54) is 6.42 Å². The lowest BCUT2D eigenvalue weighted by atomic mass is 10.0. The van der Waals surface area contributed by atoms with Gasteiger partial charge in [0, 0.05) is 6.61 Å². The predicted molar refractivity (Wildman–Crippen MR) is 83.3 cm³/mol. The van der Waals surface area contributed by atoms with Gasteiger partial charge in [0.25, 0.3) is 0 Å². The van der Waals surface area contributed by atoms with Gasteiger partial charge in [0.2, 0.25) is 0 Å². The zero-order chi connectivity index (χ0) is 14.5. The third-order valence-corrected chi connectivity index (χ3v) is 4.04. The van der Waals surface area contributed by atoms with Gasteiger partial charge in [0.15, 0.2) is 0 Å². The van der Waals surface area contributed by atoms with Crippen LogP contribution in [0, 0.1) is 0 Å².